The van der Waals surface area contributed by atoms with Crippen LogP contribution in [0.2, 0.25) is 0 Å². The van der Waals surface area contributed by atoms with Gasteiger partial charge in [-0.05, 0) is 35.9 Å². The highest BCUT2D eigenvalue weighted by Crippen LogP contribution is 2.35. The van der Waals surface area contributed by atoms with Crippen molar-refractivity contribution in [1.82, 2.24) is 4.98 Å². The summed E-state index contributed by atoms with van der Waals surface area (Å²) in [5, 5.41) is 28.4. The lowest BCUT2D eigenvalue weighted by atomic mass is 9.99. The molecule has 4 N–H and O–H groups in total. The summed E-state index contributed by atoms with van der Waals surface area (Å²) in [7, 11) is 0. The van der Waals surface area contributed by atoms with E-state index in [-0.39, 0.29) is 22.9 Å². The molecule has 2 heterocycles. The minimum atomic E-state index is -0.281. The van der Waals surface area contributed by atoms with Gasteiger partial charge in [-0.15, -0.1) is 0 Å². The highest BCUT2D eigenvalue weighted by Gasteiger charge is 2.15. The second-order valence-corrected chi connectivity index (χ2v) is 4.61. The number of hydrogen-bond donors (Lipinski definition) is 3. The van der Waals surface area contributed by atoms with E-state index >= 15 is 0 Å². The minimum Gasteiger partial charge on any atom is -0.504 e. The molecular weight excluding hydrogens is 282 g/mol. The largest absolute Gasteiger partial charge is 0.504 e. The molecule has 0 atom stereocenters. The Morgan fingerprint density at radius 1 is 1.14 bits per heavy atom. The van der Waals surface area contributed by atoms with Gasteiger partial charge in [-0.25, -0.2) is 4.98 Å². The van der Waals surface area contributed by atoms with Crippen LogP contribution in [0.4, 0.5) is 5.82 Å². The number of pyridine rings is 1. The highest BCUT2D eigenvalue weighted by molar-refractivity contribution is 5.80. The number of nitrogens with two attached hydrogens (primary N) is 1. The van der Waals surface area contributed by atoms with E-state index in [1.54, 1.807) is 24.3 Å². The van der Waals surface area contributed by atoms with E-state index in [4.69, 9.17) is 10.2 Å². The molecule has 3 rings (SSSR count). The van der Waals surface area contributed by atoms with Crippen molar-refractivity contribution in [3.05, 3.63) is 48.2 Å². The molecule has 6 nitrogen and oxygen atoms in total. The van der Waals surface area contributed by atoms with Gasteiger partial charge in [-0.1, -0.05) is 6.07 Å². The number of phenols is 2. The smallest absolute Gasteiger partial charge is 0.158 e. The molecule has 22 heavy (non-hydrogen) atoms. The fraction of sp³-hybridized carbons (Fsp3) is 0. The Morgan fingerprint density at radius 3 is 2.59 bits per heavy atom. The Kier molecular flexibility index (Phi) is 3.16. The molecule has 0 bridgehead atoms. The van der Waals surface area contributed by atoms with Gasteiger partial charge in [0.1, 0.15) is 23.1 Å². The minimum absolute atomic E-state index is 0.0685. The summed E-state index contributed by atoms with van der Waals surface area (Å²) in [4.78, 5) is 4.16. The van der Waals surface area contributed by atoms with Crippen molar-refractivity contribution < 1.29 is 14.6 Å². The highest BCUT2D eigenvalue weighted by atomic mass is 16.3. The summed E-state index contributed by atoms with van der Waals surface area (Å²) in [6, 6.07) is 11.4. The van der Waals surface area contributed by atoms with E-state index in [0.29, 0.717) is 22.6 Å². The molecule has 3 aromatic rings. The number of anilines is 1. The zero-order valence-corrected chi connectivity index (χ0v) is 11.3. The number of hydrogen-bond acceptors (Lipinski definition) is 6. The lowest BCUT2D eigenvalue weighted by Crippen LogP contribution is -1.99. The third kappa shape index (κ3) is 2.21. The number of aromatic hydroxyl groups is 2. The summed E-state index contributed by atoms with van der Waals surface area (Å²) >= 11 is 0. The first-order valence-electron chi connectivity index (χ1n) is 6.37. The molecule has 0 fully saturated rings. The molecule has 0 saturated heterocycles. The lowest BCUT2D eigenvalue weighted by Gasteiger charge is -2.09. The molecule has 2 aromatic heterocycles. The molecule has 0 spiro atoms. The predicted octanol–water partition coefficient (Wildman–Crippen LogP) is 2.87. The number of furan rings is 1. The van der Waals surface area contributed by atoms with Crippen molar-refractivity contribution in [3.63, 3.8) is 0 Å². The number of nitrogen functional groups attached to an aromatic ring is 1. The SMILES string of the molecule is N#Cc1c(-c2ccc(O)c(O)c2)cc(-c2ccco2)nc1N. The van der Waals surface area contributed by atoms with Gasteiger partial charge in [0.2, 0.25) is 0 Å². The predicted molar refractivity (Wildman–Crippen MR) is 79.8 cm³/mol. The van der Waals surface area contributed by atoms with Crippen LogP contribution in [0.25, 0.3) is 22.6 Å². The normalized spacial score (nSPS) is 10.3. The standard InChI is InChI=1S/C16H11N3O3/c17-8-11-10(9-3-4-13(20)14(21)6-9)7-12(19-16(11)18)15-2-1-5-22-15/h1-7,20-21H,(H2,18,19). The maximum absolute atomic E-state index is 9.65. The van der Waals surface area contributed by atoms with Gasteiger partial charge in [0.05, 0.1) is 6.26 Å². The molecule has 108 valence electrons. The van der Waals surface area contributed by atoms with E-state index in [1.165, 1.54) is 18.4 Å². The third-order valence-corrected chi connectivity index (χ3v) is 3.22. The summed E-state index contributed by atoms with van der Waals surface area (Å²) < 4.78 is 5.29. The molecule has 0 amide bonds. The first kappa shape index (κ1) is 13.5. The van der Waals surface area contributed by atoms with Crippen LogP contribution in [-0.2, 0) is 0 Å². The van der Waals surface area contributed by atoms with E-state index in [0.717, 1.165) is 0 Å². The van der Waals surface area contributed by atoms with Crippen LogP contribution < -0.4 is 5.73 Å². The zero-order chi connectivity index (χ0) is 15.7. The van der Waals surface area contributed by atoms with E-state index in [9.17, 15) is 15.5 Å². The number of rotatable bonds is 2. The quantitative estimate of drug-likeness (QED) is 0.625. The van der Waals surface area contributed by atoms with Crippen LogP contribution >= 0.6 is 0 Å². The van der Waals surface area contributed by atoms with Crippen LogP contribution in [-0.4, -0.2) is 15.2 Å². The fourth-order valence-corrected chi connectivity index (χ4v) is 2.15. The molecule has 0 saturated carbocycles. The Hall–Kier alpha value is -3.46. The first-order chi connectivity index (χ1) is 10.6. The van der Waals surface area contributed by atoms with Gasteiger partial charge in [0, 0.05) is 5.56 Å². The van der Waals surface area contributed by atoms with E-state index in [1.807, 2.05) is 6.07 Å². The van der Waals surface area contributed by atoms with Crippen molar-refractivity contribution in [2.45, 2.75) is 0 Å². The second kappa shape index (κ2) is 5.14. The topological polar surface area (TPSA) is 116 Å². The van der Waals surface area contributed by atoms with Crippen molar-refractivity contribution in [3.8, 4) is 40.1 Å². The van der Waals surface area contributed by atoms with Crippen molar-refractivity contribution in [2.75, 3.05) is 5.73 Å². The number of nitrogens with zero attached hydrogens (tertiary/aromatic N) is 2. The van der Waals surface area contributed by atoms with Gasteiger partial charge in [0.15, 0.2) is 17.3 Å². The van der Waals surface area contributed by atoms with Gasteiger partial charge < -0.3 is 20.4 Å². The molecule has 0 aliphatic carbocycles. The molecule has 0 unspecified atom stereocenters. The Morgan fingerprint density at radius 2 is 1.95 bits per heavy atom. The maximum atomic E-state index is 9.65. The molecular formula is C16H11N3O3. The van der Waals surface area contributed by atoms with Crippen molar-refractivity contribution in [1.29, 1.82) is 5.26 Å². The van der Waals surface area contributed by atoms with Crippen molar-refractivity contribution >= 4 is 5.82 Å². The monoisotopic (exact) mass is 293 g/mol. The molecule has 0 aliphatic heterocycles. The molecule has 1 aromatic carbocycles. The summed E-state index contributed by atoms with van der Waals surface area (Å²) in [6.07, 6.45) is 1.51. The fourth-order valence-electron chi connectivity index (χ4n) is 2.15. The first-order valence-corrected chi connectivity index (χ1v) is 6.37. The van der Waals surface area contributed by atoms with Crippen LogP contribution in [0.1, 0.15) is 5.56 Å². The van der Waals surface area contributed by atoms with E-state index < -0.39 is 0 Å². The van der Waals surface area contributed by atoms with Crippen molar-refractivity contribution in [2.24, 2.45) is 0 Å². The maximum Gasteiger partial charge on any atom is 0.158 e. The average molecular weight is 293 g/mol. The van der Waals surface area contributed by atoms with Gasteiger partial charge in [-0.2, -0.15) is 5.26 Å². The number of nitriles is 1. The number of benzene rings is 1. The second-order valence-electron chi connectivity index (χ2n) is 4.61. The van der Waals surface area contributed by atoms with Crippen LogP contribution in [0.3, 0.4) is 0 Å². The Labute approximate surface area is 125 Å². The van der Waals surface area contributed by atoms with Gasteiger partial charge in [0.25, 0.3) is 0 Å². The molecule has 0 aliphatic rings. The van der Waals surface area contributed by atoms with Gasteiger partial charge >= 0.3 is 0 Å². The van der Waals surface area contributed by atoms with Gasteiger partial charge in [-0.3, -0.25) is 0 Å². The molecule has 0 radical (unpaired) electrons. The summed E-state index contributed by atoms with van der Waals surface area (Å²) in [6.45, 7) is 0. The Balaban J connectivity index is 2.25. The Bertz CT molecular complexity index is 880. The zero-order valence-electron chi connectivity index (χ0n) is 11.3. The van der Waals surface area contributed by atoms with Crippen LogP contribution in [0.5, 0.6) is 11.5 Å². The summed E-state index contributed by atoms with van der Waals surface area (Å²) in [5.41, 5.74) is 7.56. The lowest BCUT2D eigenvalue weighted by molar-refractivity contribution is 0.404. The average Bonchev–Trinajstić information content (AvgIpc) is 3.03. The molecule has 6 heteroatoms. The van der Waals surface area contributed by atoms with Crippen LogP contribution in [0.15, 0.2) is 47.1 Å². The van der Waals surface area contributed by atoms with Crippen LogP contribution in [0, 0.1) is 11.3 Å². The summed E-state index contributed by atoms with van der Waals surface area (Å²) in [5.74, 6) is 0.0614. The third-order valence-electron chi connectivity index (χ3n) is 3.22. The number of aromatic nitrogens is 1. The van der Waals surface area contributed by atoms with E-state index in [2.05, 4.69) is 4.98 Å². The number of phenolic OH excluding ortho intramolecular Hbond substituents is 2.